The van der Waals surface area contributed by atoms with Gasteiger partial charge in [-0.15, -0.1) is 10.2 Å². The van der Waals surface area contributed by atoms with Gasteiger partial charge in [-0.1, -0.05) is 0 Å². The number of rotatable bonds is 2. The zero-order chi connectivity index (χ0) is 13.4. The molecule has 102 valence electrons. The summed E-state index contributed by atoms with van der Waals surface area (Å²) in [5, 5.41) is 17.7. The molecule has 0 spiro atoms. The Morgan fingerprint density at radius 1 is 1.20 bits per heavy atom. The number of nitrogens with zero attached hydrogens (tertiary/aromatic N) is 3. The van der Waals surface area contributed by atoms with Crippen LogP contribution in [-0.2, 0) is 0 Å². The molecule has 3 saturated carbocycles. The van der Waals surface area contributed by atoms with E-state index < -0.39 is 5.97 Å². The maximum Gasteiger partial charge on any atom is 0.337 e. The number of pyridine rings is 1. The predicted octanol–water partition coefficient (Wildman–Crippen LogP) is 2.19. The van der Waals surface area contributed by atoms with Crippen molar-refractivity contribution in [3.05, 3.63) is 29.7 Å². The van der Waals surface area contributed by atoms with Crippen molar-refractivity contribution in [1.82, 2.24) is 14.6 Å². The maximum absolute atomic E-state index is 11.1. The van der Waals surface area contributed by atoms with Crippen molar-refractivity contribution in [2.24, 2.45) is 23.7 Å². The number of aromatic carboxylic acids is 1. The van der Waals surface area contributed by atoms with Gasteiger partial charge in [-0.3, -0.25) is 4.40 Å². The van der Waals surface area contributed by atoms with Gasteiger partial charge in [0.25, 0.3) is 0 Å². The van der Waals surface area contributed by atoms with Gasteiger partial charge < -0.3 is 5.11 Å². The molecule has 0 saturated heterocycles. The number of hydrogen-bond acceptors (Lipinski definition) is 3. The van der Waals surface area contributed by atoms with E-state index in [1.807, 2.05) is 4.40 Å². The molecule has 4 atom stereocenters. The van der Waals surface area contributed by atoms with Crippen molar-refractivity contribution >= 4 is 11.6 Å². The molecule has 5 rings (SSSR count). The number of fused-ring (bicyclic) bond motifs is 6. The molecule has 5 heteroatoms. The van der Waals surface area contributed by atoms with E-state index in [1.165, 1.54) is 19.3 Å². The maximum atomic E-state index is 11.1. The van der Waals surface area contributed by atoms with Crippen LogP contribution in [0, 0.1) is 23.7 Å². The SMILES string of the molecule is O=C(O)c1ccc2nnc(C3C4C5CCC(C5)C34)n2c1. The highest BCUT2D eigenvalue weighted by Gasteiger charge is 2.66. The topological polar surface area (TPSA) is 67.5 Å². The van der Waals surface area contributed by atoms with Crippen LogP contribution in [0.4, 0.5) is 0 Å². The Morgan fingerprint density at radius 2 is 1.95 bits per heavy atom. The highest BCUT2D eigenvalue weighted by molar-refractivity contribution is 5.87. The van der Waals surface area contributed by atoms with Gasteiger partial charge in [-0.2, -0.15) is 0 Å². The summed E-state index contributed by atoms with van der Waals surface area (Å²) in [4.78, 5) is 11.1. The molecule has 2 bridgehead atoms. The van der Waals surface area contributed by atoms with Crippen LogP contribution in [0.5, 0.6) is 0 Å². The number of carbonyl (C=O) groups is 1. The molecular formula is C15H15N3O2. The van der Waals surface area contributed by atoms with Crippen LogP contribution in [0.2, 0.25) is 0 Å². The lowest BCUT2D eigenvalue weighted by Crippen LogP contribution is -2.04. The average Bonchev–Trinajstić information content (AvgIpc) is 2.84. The Kier molecular flexibility index (Phi) is 1.84. The third-order valence-corrected chi connectivity index (χ3v) is 5.71. The van der Waals surface area contributed by atoms with Gasteiger partial charge in [0.2, 0.25) is 0 Å². The van der Waals surface area contributed by atoms with E-state index in [4.69, 9.17) is 5.11 Å². The average molecular weight is 269 g/mol. The summed E-state index contributed by atoms with van der Waals surface area (Å²) in [5.74, 6) is 3.93. The van der Waals surface area contributed by atoms with Crippen LogP contribution < -0.4 is 0 Å². The molecular weight excluding hydrogens is 254 g/mol. The molecule has 0 aromatic carbocycles. The van der Waals surface area contributed by atoms with E-state index in [1.54, 1.807) is 18.3 Å². The van der Waals surface area contributed by atoms with Gasteiger partial charge in [-0.05, 0) is 55.1 Å². The third-order valence-electron chi connectivity index (χ3n) is 5.71. The minimum atomic E-state index is -0.900. The van der Waals surface area contributed by atoms with E-state index in [9.17, 15) is 4.79 Å². The van der Waals surface area contributed by atoms with E-state index in [0.29, 0.717) is 11.5 Å². The summed E-state index contributed by atoms with van der Waals surface area (Å²) in [5.41, 5.74) is 1.05. The summed E-state index contributed by atoms with van der Waals surface area (Å²) < 4.78 is 1.89. The molecule has 1 N–H and O–H groups in total. The molecule has 0 radical (unpaired) electrons. The Balaban J connectivity index is 1.60. The van der Waals surface area contributed by atoms with Crippen molar-refractivity contribution in [2.75, 3.05) is 0 Å². The molecule has 0 amide bonds. The Morgan fingerprint density at radius 3 is 2.65 bits per heavy atom. The fraction of sp³-hybridized carbons (Fsp3) is 0.533. The molecule has 3 aliphatic carbocycles. The van der Waals surface area contributed by atoms with Gasteiger partial charge in [0, 0.05) is 12.1 Å². The molecule has 0 aliphatic heterocycles. The van der Waals surface area contributed by atoms with E-state index in [-0.39, 0.29) is 0 Å². The summed E-state index contributed by atoms with van der Waals surface area (Å²) in [6.07, 6.45) is 5.82. The lowest BCUT2D eigenvalue weighted by atomic mass is 10.0. The summed E-state index contributed by atoms with van der Waals surface area (Å²) in [7, 11) is 0. The third kappa shape index (κ3) is 1.21. The number of carboxylic acid groups (broad SMARTS) is 1. The summed E-state index contributed by atoms with van der Waals surface area (Å²) >= 11 is 0. The second kappa shape index (κ2) is 3.40. The van der Waals surface area contributed by atoms with Crippen LogP contribution in [0.15, 0.2) is 18.3 Å². The molecule has 2 heterocycles. The first-order chi connectivity index (χ1) is 9.74. The van der Waals surface area contributed by atoms with E-state index >= 15 is 0 Å². The zero-order valence-corrected chi connectivity index (χ0v) is 10.9. The minimum Gasteiger partial charge on any atom is -0.478 e. The lowest BCUT2D eigenvalue weighted by molar-refractivity contribution is 0.0696. The van der Waals surface area contributed by atoms with Gasteiger partial charge in [0.15, 0.2) is 5.65 Å². The second-order valence-corrected chi connectivity index (χ2v) is 6.52. The smallest absolute Gasteiger partial charge is 0.337 e. The minimum absolute atomic E-state index is 0.298. The van der Waals surface area contributed by atoms with Gasteiger partial charge in [-0.25, -0.2) is 4.79 Å². The Bertz CT molecular complexity index is 722. The largest absolute Gasteiger partial charge is 0.478 e. The fourth-order valence-electron chi connectivity index (χ4n) is 4.93. The Labute approximate surface area is 115 Å². The van der Waals surface area contributed by atoms with Gasteiger partial charge >= 0.3 is 5.97 Å². The highest BCUT2D eigenvalue weighted by atomic mass is 16.4. The van der Waals surface area contributed by atoms with Crippen LogP contribution in [-0.4, -0.2) is 25.7 Å². The zero-order valence-electron chi connectivity index (χ0n) is 10.9. The van der Waals surface area contributed by atoms with Gasteiger partial charge in [0.1, 0.15) is 5.82 Å². The van der Waals surface area contributed by atoms with E-state index in [2.05, 4.69) is 10.2 Å². The molecule has 20 heavy (non-hydrogen) atoms. The molecule has 2 aromatic rings. The molecule has 3 fully saturated rings. The standard InChI is InChI=1S/C15H15N3O2/c19-15(20)9-3-4-10-16-17-14(18(10)6-9)13-11-7-1-2-8(5-7)12(11)13/h3-4,6-8,11-13H,1-2,5H2,(H,19,20). The molecule has 5 nitrogen and oxygen atoms in total. The van der Waals surface area contributed by atoms with Crippen LogP contribution >= 0.6 is 0 Å². The first-order valence-corrected chi connectivity index (χ1v) is 7.32. The van der Waals surface area contributed by atoms with Crippen molar-refractivity contribution in [1.29, 1.82) is 0 Å². The monoisotopic (exact) mass is 269 g/mol. The van der Waals surface area contributed by atoms with Crippen molar-refractivity contribution in [2.45, 2.75) is 25.2 Å². The molecule has 4 unspecified atom stereocenters. The van der Waals surface area contributed by atoms with E-state index in [0.717, 1.165) is 35.1 Å². The van der Waals surface area contributed by atoms with Crippen molar-refractivity contribution in [3.8, 4) is 0 Å². The van der Waals surface area contributed by atoms with Crippen molar-refractivity contribution in [3.63, 3.8) is 0 Å². The molecule has 2 aromatic heterocycles. The Hall–Kier alpha value is -1.91. The molecule has 3 aliphatic rings. The predicted molar refractivity (Wildman–Crippen MR) is 70.5 cm³/mol. The quantitative estimate of drug-likeness (QED) is 0.907. The highest BCUT2D eigenvalue weighted by Crippen LogP contribution is 2.72. The number of hydrogen-bond donors (Lipinski definition) is 1. The first kappa shape index (κ1) is 10.8. The van der Waals surface area contributed by atoms with Gasteiger partial charge in [0.05, 0.1) is 5.56 Å². The van der Waals surface area contributed by atoms with Crippen LogP contribution in [0.1, 0.15) is 41.4 Å². The fourth-order valence-corrected chi connectivity index (χ4v) is 4.93. The second-order valence-electron chi connectivity index (χ2n) is 6.52. The summed E-state index contributed by atoms with van der Waals surface area (Å²) in [6.45, 7) is 0. The summed E-state index contributed by atoms with van der Waals surface area (Å²) in [6, 6.07) is 3.33. The van der Waals surface area contributed by atoms with Crippen LogP contribution in [0.25, 0.3) is 5.65 Å². The lowest BCUT2D eigenvalue weighted by Gasteiger charge is -2.07. The number of carboxylic acids is 1. The van der Waals surface area contributed by atoms with Crippen molar-refractivity contribution < 1.29 is 9.90 Å². The first-order valence-electron chi connectivity index (χ1n) is 7.32. The normalized spacial score (nSPS) is 37.3. The van der Waals surface area contributed by atoms with Crippen LogP contribution in [0.3, 0.4) is 0 Å². The number of aromatic nitrogens is 3.